The highest BCUT2D eigenvalue weighted by Gasteiger charge is 2.34. The molecule has 0 atom stereocenters. The first-order valence-electron chi connectivity index (χ1n) is 10.9. The molecule has 0 aliphatic rings. The number of carbonyl (C=O) groups is 2. The topological polar surface area (TPSA) is 87.3 Å². The van der Waals surface area contributed by atoms with Gasteiger partial charge in [0.2, 0.25) is 0 Å². The van der Waals surface area contributed by atoms with Crippen molar-refractivity contribution in [3.63, 3.8) is 0 Å². The molecule has 0 aliphatic carbocycles. The van der Waals surface area contributed by atoms with E-state index in [0.29, 0.717) is 17.1 Å². The standard InChI is InChI=1S/C26H20ClF3N4O3/c1-31-24(35)22-13-19(8-9-32-22)37-18-5-3-4-15(10-18)16-11-23(33-14-16)25(36)34(2)17-6-7-21(27)20(12-17)26(28,29)30/h3-14,33H,1-2H3,(H,31,35). The van der Waals surface area contributed by atoms with Crippen molar-refractivity contribution >= 4 is 29.1 Å². The van der Waals surface area contributed by atoms with Crippen molar-refractivity contribution in [1.29, 1.82) is 0 Å². The lowest BCUT2D eigenvalue weighted by Gasteiger charge is -2.19. The first-order valence-corrected chi connectivity index (χ1v) is 11.2. The fourth-order valence-electron chi connectivity index (χ4n) is 3.52. The minimum atomic E-state index is -4.65. The Balaban J connectivity index is 1.53. The van der Waals surface area contributed by atoms with Gasteiger partial charge in [-0.1, -0.05) is 23.7 Å². The number of aromatic nitrogens is 2. The molecule has 0 saturated carbocycles. The summed E-state index contributed by atoms with van der Waals surface area (Å²) >= 11 is 5.68. The van der Waals surface area contributed by atoms with Crippen LogP contribution in [0.4, 0.5) is 18.9 Å². The molecule has 0 unspecified atom stereocenters. The number of hydrogen-bond donors (Lipinski definition) is 2. The van der Waals surface area contributed by atoms with Gasteiger partial charge >= 0.3 is 6.18 Å². The monoisotopic (exact) mass is 528 g/mol. The Labute approximate surface area is 214 Å². The molecular formula is C26H20ClF3N4O3. The van der Waals surface area contributed by atoms with E-state index in [2.05, 4.69) is 15.3 Å². The highest BCUT2D eigenvalue weighted by atomic mass is 35.5. The molecule has 7 nitrogen and oxygen atoms in total. The molecule has 0 fully saturated rings. The molecule has 2 aromatic heterocycles. The normalized spacial score (nSPS) is 11.2. The van der Waals surface area contributed by atoms with Gasteiger partial charge in [0.25, 0.3) is 11.8 Å². The summed E-state index contributed by atoms with van der Waals surface area (Å²) in [6.45, 7) is 0. The molecule has 2 amide bonds. The highest BCUT2D eigenvalue weighted by Crippen LogP contribution is 2.37. The number of rotatable bonds is 6. The third kappa shape index (κ3) is 5.75. The van der Waals surface area contributed by atoms with Gasteiger partial charge < -0.3 is 19.9 Å². The number of hydrogen-bond acceptors (Lipinski definition) is 4. The number of halogens is 4. The predicted octanol–water partition coefficient (Wildman–Crippen LogP) is 6.18. The Morgan fingerprint density at radius 2 is 1.78 bits per heavy atom. The number of benzene rings is 2. The van der Waals surface area contributed by atoms with Gasteiger partial charge in [-0.15, -0.1) is 0 Å². The van der Waals surface area contributed by atoms with E-state index in [9.17, 15) is 22.8 Å². The van der Waals surface area contributed by atoms with Gasteiger partial charge in [-0.2, -0.15) is 13.2 Å². The van der Waals surface area contributed by atoms with Crippen LogP contribution in [-0.4, -0.2) is 35.9 Å². The second-order valence-electron chi connectivity index (χ2n) is 7.91. The van der Waals surface area contributed by atoms with Crippen molar-refractivity contribution in [2.24, 2.45) is 0 Å². The number of carbonyl (C=O) groups excluding carboxylic acids is 2. The van der Waals surface area contributed by atoms with Gasteiger partial charge in [0, 0.05) is 43.8 Å². The molecule has 0 spiro atoms. The lowest BCUT2D eigenvalue weighted by atomic mass is 10.1. The van der Waals surface area contributed by atoms with E-state index in [1.165, 1.54) is 32.4 Å². The van der Waals surface area contributed by atoms with Crippen molar-refractivity contribution in [3.05, 3.63) is 95.0 Å². The number of ether oxygens (including phenoxy) is 1. The van der Waals surface area contributed by atoms with Crippen molar-refractivity contribution in [3.8, 4) is 22.6 Å². The third-order valence-corrected chi connectivity index (χ3v) is 5.78. The zero-order chi connectivity index (χ0) is 26.7. The number of anilines is 1. The van der Waals surface area contributed by atoms with Crippen LogP contribution in [0, 0.1) is 0 Å². The minimum Gasteiger partial charge on any atom is -0.457 e. The number of amides is 2. The number of H-pyrrole nitrogens is 1. The smallest absolute Gasteiger partial charge is 0.417 e. The molecule has 37 heavy (non-hydrogen) atoms. The van der Waals surface area contributed by atoms with Crippen molar-refractivity contribution in [1.82, 2.24) is 15.3 Å². The lowest BCUT2D eigenvalue weighted by Crippen LogP contribution is -2.26. The van der Waals surface area contributed by atoms with E-state index in [4.69, 9.17) is 16.3 Å². The van der Waals surface area contributed by atoms with E-state index in [-0.39, 0.29) is 23.0 Å². The predicted molar refractivity (Wildman–Crippen MR) is 133 cm³/mol. The summed E-state index contributed by atoms with van der Waals surface area (Å²) in [4.78, 5) is 32.8. The number of alkyl halides is 3. The van der Waals surface area contributed by atoms with E-state index in [1.54, 1.807) is 36.5 Å². The quantitative estimate of drug-likeness (QED) is 0.313. The highest BCUT2D eigenvalue weighted by molar-refractivity contribution is 6.31. The molecule has 4 aromatic rings. The van der Waals surface area contributed by atoms with Gasteiger partial charge in [-0.05, 0) is 48.0 Å². The maximum absolute atomic E-state index is 13.2. The third-order valence-electron chi connectivity index (χ3n) is 5.45. The Bertz CT molecular complexity index is 1470. The molecule has 2 heterocycles. The van der Waals surface area contributed by atoms with Crippen LogP contribution in [0.15, 0.2) is 73.1 Å². The molecular weight excluding hydrogens is 509 g/mol. The van der Waals surface area contributed by atoms with Crippen LogP contribution in [0.3, 0.4) is 0 Å². The molecule has 2 N–H and O–H groups in total. The molecule has 0 bridgehead atoms. The average molecular weight is 529 g/mol. The van der Waals surface area contributed by atoms with E-state index < -0.39 is 22.7 Å². The van der Waals surface area contributed by atoms with Crippen LogP contribution in [0.5, 0.6) is 11.5 Å². The minimum absolute atomic E-state index is 0.0433. The number of aromatic amines is 1. The molecule has 4 rings (SSSR count). The van der Waals surface area contributed by atoms with E-state index in [0.717, 1.165) is 22.6 Å². The summed E-state index contributed by atoms with van der Waals surface area (Å²) < 4.78 is 45.5. The Kier molecular flexibility index (Phi) is 7.21. The Morgan fingerprint density at radius 3 is 2.51 bits per heavy atom. The van der Waals surface area contributed by atoms with Crippen molar-refractivity contribution in [2.75, 3.05) is 19.0 Å². The van der Waals surface area contributed by atoms with Crippen LogP contribution in [0.1, 0.15) is 26.5 Å². The van der Waals surface area contributed by atoms with Gasteiger partial charge in [0.1, 0.15) is 22.9 Å². The first-order chi connectivity index (χ1) is 17.6. The molecule has 11 heteroatoms. The van der Waals surface area contributed by atoms with Crippen LogP contribution < -0.4 is 15.0 Å². The zero-order valence-corrected chi connectivity index (χ0v) is 20.3. The summed E-state index contributed by atoms with van der Waals surface area (Å²) in [6, 6.07) is 15.0. The maximum atomic E-state index is 13.2. The van der Waals surface area contributed by atoms with E-state index >= 15 is 0 Å². The first kappa shape index (κ1) is 25.8. The SMILES string of the molecule is CNC(=O)c1cc(Oc2cccc(-c3c[nH]c(C(=O)N(C)c4ccc(Cl)c(C(F)(F)F)c4)c3)c2)ccn1. The van der Waals surface area contributed by atoms with Crippen molar-refractivity contribution < 1.29 is 27.5 Å². The van der Waals surface area contributed by atoms with Crippen LogP contribution in [0.25, 0.3) is 11.1 Å². The number of nitrogens with zero attached hydrogens (tertiary/aromatic N) is 2. The summed E-state index contributed by atoms with van der Waals surface area (Å²) in [7, 11) is 2.88. The number of pyridine rings is 1. The van der Waals surface area contributed by atoms with Crippen molar-refractivity contribution in [2.45, 2.75) is 6.18 Å². The van der Waals surface area contributed by atoms with Gasteiger partial charge in [-0.3, -0.25) is 14.6 Å². The lowest BCUT2D eigenvalue weighted by molar-refractivity contribution is -0.137. The van der Waals surface area contributed by atoms with Crippen LogP contribution in [0.2, 0.25) is 5.02 Å². The fraction of sp³-hybridized carbons (Fsp3) is 0.115. The summed E-state index contributed by atoms with van der Waals surface area (Å²) in [5.74, 6) is 0.0200. The number of nitrogens with one attached hydrogen (secondary N) is 2. The largest absolute Gasteiger partial charge is 0.457 e. The van der Waals surface area contributed by atoms with Crippen LogP contribution >= 0.6 is 11.6 Å². The molecule has 2 aromatic carbocycles. The van der Waals surface area contributed by atoms with Crippen LogP contribution in [-0.2, 0) is 6.18 Å². The van der Waals surface area contributed by atoms with Gasteiger partial charge in [-0.25, -0.2) is 0 Å². The van der Waals surface area contributed by atoms with Gasteiger partial charge in [0.15, 0.2) is 0 Å². The average Bonchev–Trinajstić information content (AvgIpc) is 3.38. The molecule has 0 saturated heterocycles. The Morgan fingerprint density at radius 1 is 1.03 bits per heavy atom. The summed E-state index contributed by atoms with van der Waals surface area (Å²) in [6.07, 6.45) is -1.58. The zero-order valence-electron chi connectivity index (χ0n) is 19.6. The van der Waals surface area contributed by atoms with E-state index in [1.807, 2.05) is 6.07 Å². The molecule has 0 radical (unpaired) electrons. The maximum Gasteiger partial charge on any atom is 0.417 e. The molecule has 190 valence electrons. The Hall–Kier alpha value is -4.31. The fourth-order valence-corrected chi connectivity index (χ4v) is 3.75. The summed E-state index contributed by atoms with van der Waals surface area (Å²) in [5, 5.41) is 2.05. The summed E-state index contributed by atoms with van der Waals surface area (Å²) in [5.41, 5.74) is 0.791. The second-order valence-corrected chi connectivity index (χ2v) is 8.32. The molecule has 0 aliphatic heterocycles. The second kappa shape index (κ2) is 10.4. The van der Waals surface area contributed by atoms with Gasteiger partial charge in [0.05, 0.1) is 10.6 Å².